The molecule has 1 aromatic heterocycles. The number of carbonyl (C=O) groups is 2. The highest BCUT2D eigenvalue weighted by Crippen LogP contribution is 2.29. The number of anilines is 1. The Hall–Kier alpha value is -2.80. The second-order valence-electron chi connectivity index (χ2n) is 7.13. The minimum Gasteiger partial charge on any atom is -0.339 e. The Morgan fingerprint density at radius 2 is 2.11 bits per heavy atom. The van der Waals surface area contributed by atoms with Gasteiger partial charge in [0, 0.05) is 20.0 Å². The van der Waals surface area contributed by atoms with Crippen molar-refractivity contribution in [2.75, 3.05) is 18.5 Å². The Morgan fingerprint density at radius 3 is 2.86 bits per heavy atom. The van der Waals surface area contributed by atoms with E-state index in [0.29, 0.717) is 6.54 Å². The highest BCUT2D eigenvalue weighted by Gasteiger charge is 2.37. The van der Waals surface area contributed by atoms with Crippen molar-refractivity contribution in [3.8, 4) is 0 Å². The maximum atomic E-state index is 14.3. The molecule has 1 aliphatic heterocycles. The average Bonchev–Trinajstić information content (AvgIpc) is 3.24. The number of aryl methyl sites for hydroxylation is 1. The van der Waals surface area contributed by atoms with Gasteiger partial charge in [0.05, 0.1) is 28.4 Å². The first-order valence-corrected chi connectivity index (χ1v) is 9.90. The molecule has 0 aliphatic carbocycles. The number of para-hydroxylation sites is 1. The van der Waals surface area contributed by atoms with E-state index in [4.69, 9.17) is 0 Å². The topological polar surface area (TPSA) is 53.5 Å². The number of nitrogens with zero attached hydrogens (tertiary/aromatic N) is 3. The van der Waals surface area contributed by atoms with Crippen molar-refractivity contribution in [3.63, 3.8) is 0 Å². The van der Waals surface area contributed by atoms with Gasteiger partial charge in [-0.25, -0.2) is 9.37 Å². The van der Waals surface area contributed by atoms with Crippen LogP contribution in [0.25, 0.3) is 10.2 Å². The molecule has 3 aromatic rings. The Balaban J connectivity index is 1.46. The highest BCUT2D eigenvalue weighted by molar-refractivity contribution is 7.18. The van der Waals surface area contributed by atoms with Crippen molar-refractivity contribution in [2.24, 2.45) is 5.92 Å². The Bertz CT molecular complexity index is 1030. The van der Waals surface area contributed by atoms with Crippen molar-refractivity contribution in [2.45, 2.75) is 19.9 Å². The molecule has 0 spiro atoms. The number of amides is 2. The summed E-state index contributed by atoms with van der Waals surface area (Å²) >= 11 is 1.55. The van der Waals surface area contributed by atoms with E-state index in [2.05, 4.69) is 4.98 Å². The number of carbonyl (C=O) groups excluding carboxylic acids is 2. The van der Waals surface area contributed by atoms with E-state index in [1.165, 1.54) is 11.0 Å². The predicted molar refractivity (Wildman–Crippen MR) is 108 cm³/mol. The lowest BCUT2D eigenvalue weighted by molar-refractivity contribution is -0.135. The van der Waals surface area contributed by atoms with E-state index in [-0.39, 0.29) is 30.5 Å². The predicted octanol–water partition coefficient (Wildman–Crippen LogP) is 3.76. The third-order valence-electron chi connectivity index (χ3n) is 4.96. The molecule has 5 nitrogen and oxygen atoms in total. The summed E-state index contributed by atoms with van der Waals surface area (Å²) in [6.45, 7) is 2.38. The molecule has 144 valence electrons. The lowest BCUT2D eigenvalue weighted by Crippen LogP contribution is -2.34. The van der Waals surface area contributed by atoms with Gasteiger partial charge in [-0.05, 0) is 36.8 Å². The SMILES string of the molecule is Cc1ccc(N2CC(C(=O)N(C)Cc3nc4ccccc4s3)CC2=O)c(F)c1. The van der Waals surface area contributed by atoms with Gasteiger partial charge in [0.2, 0.25) is 11.8 Å². The van der Waals surface area contributed by atoms with E-state index in [0.717, 1.165) is 20.8 Å². The highest BCUT2D eigenvalue weighted by atomic mass is 32.1. The van der Waals surface area contributed by atoms with Crippen LogP contribution in [0.4, 0.5) is 10.1 Å². The van der Waals surface area contributed by atoms with Crippen LogP contribution in [-0.4, -0.2) is 35.3 Å². The number of halogens is 1. The summed E-state index contributed by atoms with van der Waals surface area (Å²) in [5.74, 6) is -1.27. The zero-order chi connectivity index (χ0) is 19.8. The number of thiazole rings is 1. The number of hydrogen-bond donors (Lipinski definition) is 0. The number of fused-ring (bicyclic) bond motifs is 1. The fraction of sp³-hybridized carbons (Fsp3) is 0.286. The summed E-state index contributed by atoms with van der Waals surface area (Å²) in [5, 5.41) is 0.850. The molecule has 28 heavy (non-hydrogen) atoms. The van der Waals surface area contributed by atoms with Crippen LogP contribution in [0.2, 0.25) is 0 Å². The molecule has 0 bridgehead atoms. The van der Waals surface area contributed by atoms with E-state index in [9.17, 15) is 14.0 Å². The Labute approximate surface area is 166 Å². The molecule has 0 radical (unpaired) electrons. The molecule has 4 rings (SSSR count). The first-order chi connectivity index (χ1) is 13.4. The maximum absolute atomic E-state index is 14.3. The van der Waals surface area contributed by atoms with Crippen LogP contribution < -0.4 is 4.90 Å². The minimum atomic E-state index is -0.479. The van der Waals surface area contributed by atoms with Crippen LogP contribution in [0.5, 0.6) is 0 Å². The molecule has 1 unspecified atom stereocenters. The summed E-state index contributed by atoms with van der Waals surface area (Å²) in [7, 11) is 1.72. The van der Waals surface area contributed by atoms with Gasteiger partial charge in [-0.3, -0.25) is 9.59 Å². The van der Waals surface area contributed by atoms with Crippen LogP contribution in [-0.2, 0) is 16.1 Å². The number of hydrogen-bond acceptors (Lipinski definition) is 4. The molecule has 7 heteroatoms. The van der Waals surface area contributed by atoms with Gasteiger partial charge < -0.3 is 9.80 Å². The molecule has 2 aromatic carbocycles. The van der Waals surface area contributed by atoms with Crippen molar-refractivity contribution < 1.29 is 14.0 Å². The van der Waals surface area contributed by atoms with Crippen LogP contribution in [0.1, 0.15) is 17.0 Å². The molecule has 2 heterocycles. The fourth-order valence-corrected chi connectivity index (χ4v) is 4.54. The van der Waals surface area contributed by atoms with Crippen molar-refractivity contribution in [1.29, 1.82) is 0 Å². The number of benzene rings is 2. The molecule has 1 fully saturated rings. The first kappa shape index (κ1) is 18.6. The molecular formula is C21H20FN3O2S. The molecule has 1 aliphatic rings. The van der Waals surface area contributed by atoms with Gasteiger partial charge in [0.15, 0.2) is 0 Å². The smallest absolute Gasteiger partial charge is 0.228 e. The molecule has 0 N–H and O–H groups in total. The average molecular weight is 397 g/mol. The summed E-state index contributed by atoms with van der Waals surface area (Å²) < 4.78 is 15.3. The molecular weight excluding hydrogens is 377 g/mol. The standard InChI is InChI=1S/C21H20FN3O2S/c1-13-7-8-17(15(22)9-13)25-11-14(10-20(25)26)21(27)24(2)12-19-23-16-5-3-4-6-18(16)28-19/h3-9,14H,10-12H2,1-2H3. The van der Waals surface area contributed by atoms with Crippen LogP contribution in [0, 0.1) is 18.7 Å². The van der Waals surface area contributed by atoms with Gasteiger partial charge in [-0.1, -0.05) is 18.2 Å². The van der Waals surface area contributed by atoms with Gasteiger partial charge >= 0.3 is 0 Å². The summed E-state index contributed by atoms with van der Waals surface area (Å²) in [6.07, 6.45) is 0.0936. The summed E-state index contributed by atoms with van der Waals surface area (Å²) in [5.41, 5.74) is 1.94. The van der Waals surface area contributed by atoms with Crippen molar-refractivity contribution in [3.05, 3.63) is 58.9 Å². The molecule has 1 saturated heterocycles. The second kappa shape index (κ2) is 7.31. The number of rotatable bonds is 4. The summed E-state index contributed by atoms with van der Waals surface area (Å²) in [4.78, 5) is 32.8. The zero-order valence-corrected chi connectivity index (χ0v) is 16.5. The maximum Gasteiger partial charge on any atom is 0.228 e. The van der Waals surface area contributed by atoms with Gasteiger partial charge in [0.25, 0.3) is 0 Å². The van der Waals surface area contributed by atoms with E-state index >= 15 is 0 Å². The van der Waals surface area contributed by atoms with Gasteiger partial charge in [0.1, 0.15) is 10.8 Å². The number of aromatic nitrogens is 1. The third-order valence-corrected chi connectivity index (χ3v) is 5.98. The largest absolute Gasteiger partial charge is 0.339 e. The van der Waals surface area contributed by atoms with Crippen molar-refractivity contribution in [1.82, 2.24) is 9.88 Å². The monoisotopic (exact) mass is 397 g/mol. The normalized spacial score (nSPS) is 16.8. The van der Waals surface area contributed by atoms with Gasteiger partial charge in [-0.2, -0.15) is 0 Å². The lowest BCUT2D eigenvalue weighted by atomic mass is 10.1. The van der Waals surface area contributed by atoms with Crippen LogP contribution in [0.3, 0.4) is 0 Å². The fourth-order valence-electron chi connectivity index (χ4n) is 3.52. The quantitative estimate of drug-likeness (QED) is 0.674. The van der Waals surface area contributed by atoms with Gasteiger partial charge in [-0.15, -0.1) is 11.3 Å². The lowest BCUT2D eigenvalue weighted by Gasteiger charge is -2.21. The van der Waals surface area contributed by atoms with E-state index in [1.807, 2.05) is 24.3 Å². The zero-order valence-electron chi connectivity index (χ0n) is 15.7. The minimum absolute atomic E-state index is 0.0936. The third kappa shape index (κ3) is 3.49. The summed E-state index contributed by atoms with van der Waals surface area (Å²) in [6, 6.07) is 12.6. The van der Waals surface area contributed by atoms with Crippen molar-refractivity contribution >= 4 is 39.1 Å². The van der Waals surface area contributed by atoms with E-state index < -0.39 is 11.7 Å². The first-order valence-electron chi connectivity index (χ1n) is 9.08. The second-order valence-corrected chi connectivity index (χ2v) is 8.25. The van der Waals surface area contributed by atoms with Crippen LogP contribution in [0.15, 0.2) is 42.5 Å². The van der Waals surface area contributed by atoms with E-state index in [1.54, 1.807) is 42.3 Å². The molecule has 2 amide bonds. The molecule has 1 atom stereocenters. The Morgan fingerprint density at radius 1 is 1.32 bits per heavy atom. The molecule has 0 saturated carbocycles. The Kier molecular flexibility index (Phi) is 4.85. The van der Waals surface area contributed by atoms with Crippen LogP contribution >= 0.6 is 11.3 Å².